The zero-order valence-corrected chi connectivity index (χ0v) is 12.5. The number of nitrogens with one attached hydrogen (secondary N) is 1. The number of thiazole rings is 1. The Balaban J connectivity index is 2.12. The van der Waals surface area contributed by atoms with Crippen LogP contribution in [-0.2, 0) is 6.54 Å². The molecular formula is C13H25N3S. The highest BCUT2D eigenvalue weighted by Gasteiger charge is 2.04. The lowest BCUT2D eigenvalue weighted by Crippen LogP contribution is -2.29. The molecule has 0 aliphatic rings. The average Bonchev–Trinajstić information content (AvgIpc) is 2.57. The van der Waals surface area contributed by atoms with Gasteiger partial charge in [-0.1, -0.05) is 0 Å². The smallest absolute Gasteiger partial charge is 0.107 e. The highest BCUT2D eigenvalue weighted by atomic mass is 32.1. The Morgan fingerprint density at radius 3 is 2.59 bits per heavy atom. The number of hydrogen-bond acceptors (Lipinski definition) is 4. The van der Waals surface area contributed by atoms with Crippen molar-refractivity contribution in [3.8, 4) is 0 Å². The van der Waals surface area contributed by atoms with Crippen LogP contribution >= 0.6 is 11.3 Å². The fraction of sp³-hybridized carbons (Fsp3) is 0.769. The molecular weight excluding hydrogens is 230 g/mol. The summed E-state index contributed by atoms with van der Waals surface area (Å²) in [5, 5.41) is 4.66. The van der Waals surface area contributed by atoms with Gasteiger partial charge >= 0.3 is 0 Å². The van der Waals surface area contributed by atoms with Crippen molar-refractivity contribution in [1.29, 1.82) is 0 Å². The van der Waals surface area contributed by atoms with Crippen LogP contribution in [0.1, 0.15) is 35.8 Å². The van der Waals surface area contributed by atoms with Gasteiger partial charge in [0.15, 0.2) is 0 Å². The highest BCUT2D eigenvalue weighted by molar-refractivity contribution is 7.11. The van der Waals surface area contributed by atoms with Crippen LogP contribution in [-0.4, -0.2) is 36.1 Å². The molecule has 98 valence electrons. The second-order valence-electron chi connectivity index (χ2n) is 4.85. The van der Waals surface area contributed by atoms with Crippen molar-refractivity contribution in [2.24, 2.45) is 0 Å². The molecule has 0 radical (unpaired) electrons. The predicted molar refractivity (Wildman–Crippen MR) is 75.7 cm³/mol. The normalized spacial score (nSPS) is 11.7. The van der Waals surface area contributed by atoms with Gasteiger partial charge in [0.05, 0.1) is 5.69 Å². The summed E-state index contributed by atoms with van der Waals surface area (Å²) in [6.07, 6.45) is 1.19. The van der Waals surface area contributed by atoms with Crippen molar-refractivity contribution in [3.05, 3.63) is 15.6 Å². The zero-order chi connectivity index (χ0) is 12.8. The third kappa shape index (κ3) is 5.15. The molecule has 0 aromatic carbocycles. The SMILES string of the molecule is Cc1nc(CNCCCN(C)C(C)C)sc1C. The predicted octanol–water partition coefficient (Wildman–Crippen LogP) is 2.58. The molecule has 0 spiro atoms. The minimum absolute atomic E-state index is 0.638. The molecule has 4 heteroatoms. The summed E-state index contributed by atoms with van der Waals surface area (Å²) in [6, 6.07) is 0.638. The molecule has 0 unspecified atom stereocenters. The maximum atomic E-state index is 4.52. The van der Waals surface area contributed by atoms with E-state index in [1.165, 1.54) is 22.0 Å². The minimum atomic E-state index is 0.638. The van der Waals surface area contributed by atoms with Crippen molar-refractivity contribution in [2.75, 3.05) is 20.1 Å². The van der Waals surface area contributed by atoms with Gasteiger partial charge in [-0.3, -0.25) is 0 Å². The van der Waals surface area contributed by atoms with Crippen molar-refractivity contribution in [3.63, 3.8) is 0 Å². The minimum Gasteiger partial charge on any atom is -0.310 e. The van der Waals surface area contributed by atoms with Crippen molar-refractivity contribution < 1.29 is 0 Å². The number of nitrogens with zero attached hydrogens (tertiary/aromatic N) is 2. The summed E-state index contributed by atoms with van der Waals surface area (Å²) in [7, 11) is 2.18. The standard InChI is InChI=1S/C13H25N3S/c1-10(2)16(5)8-6-7-14-9-13-15-11(3)12(4)17-13/h10,14H,6-9H2,1-5H3. The number of aryl methyl sites for hydroxylation is 2. The maximum Gasteiger partial charge on any atom is 0.107 e. The van der Waals surface area contributed by atoms with Gasteiger partial charge in [0, 0.05) is 17.5 Å². The first-order valence-corrected chi connectivity index (χ1v) is 7.16. The fourth-order valence-corrected chi connectivity index (χ4v) is 2.43. The first kappa shape index (κ1) is 14.6. The third-order valence-corrected chi connectivity index (χ3v) is 4.17. The number of hydrogen-bond donors (Lipinski definition) is 1. The van der Waals surface area contributed by atoms with Crippen LogP contribution in [0.15, 0.2) is 0 Å². The van der Waals surface area contributed by atoms with Crippen molar-refractivity contribution in [1.82, 2.24) is 15.2 Å². The second-order valence-corrected chi connectivity index (χ2v) is 6.14. The molecule has 17 heavy (non-hydrogen) atoms. The first-order valence-electron chi connectivity index (χ1n) is 6.34. The van der Waals surface area contributed by atoms with E-state index in [4.69, 9.17) is 0 Å². The van der Waals surface area contributed by atoms with Gasteiger partial charge in [-0.2, -0.15) is 0 Å². The maximum absolute atomic E-state index is 4.52. The lowest BCUT2D eigenvalue weighted by molar-refractivity contribution is 0.269. The van der Waals surface area contributed by atoms with Crippen LogP contribution in [0, 0.1) is 13.8 Å². The van der Waals surface area contributed by atoms with Crippen molar-refractivity contribution in [2.45, 2.75) is 46.7 Å². The Morgan fingerprint density at radius 2 is 2.06 bits per heavy atom. The van der Waals surface area contributed by atoms with Gasteiger partial charge in [-0.15, -0.1) is 11.3 Å². The van der Waals surface area contributed by atoms with Gasteiger partial charge < -0.3 is 10.2 Å². The molecule has 0 saturated carbocycles. The molecule has 1 heterocycles. The van der Waals surface area contributed by atoms with Crippen molar-refractivity contribution >= 4 is 11.3 Å². The summed E-state index contributed by atoms with van der Waals surface area (Å²) in [5.74, 6) is 0. The molecule has 0 aliphatic heterocycles. The lowest BCUT2D eigenvalue weighted by atomic mass is 10.3. The monoisotopic (exact) mass is 255 g/mol. The Morgan fingerprint density at radius 1 is 1.35 bits per heavy atom. The molecule has 1 aromatic rings. The Bertz CT molecular complexity index is 314. The highest BCUT2D eigenvalue weighted by Crippen LogP contribution is 2.15. The summed E-state index contributed by atoms with van der Waals surface area (Å²) < 4.78 is 0. The first-order chi connectivity index (χ1) is 8.00. The Kier molecular flexibility index (Phi) is 6.09. The van der Waals surface area contributed by atoms with E-state index in [1.807, 2.05) is 0 Å². The quantitative estimate of drug-likeness (QED) is 0.759. The van der Waals surface area contributed by atoms with Crippen LogP contribution in [0.25, 0.3) is 0 Å². The van der Waals surface area contributed by atoms with Gasteiger partial charge in [0.1, 0.15) is 5.01 Å². The molecule has 0 bridgehead atoms. The molecule has 1 rings (SSSR count). The van der Waals surface area contributed by atoms with E-state index in [-0.39, 0.29) is 0 Å². The molecule has 1 aromatic heterocycles. The average molecular weight is 255 g/mol. The molecule has 0 amide bonds. The summed E-state index contributed by atoms with van der Waals surface area (Å²) in [4.78, 5) is 8.23. The van der Waals surface area contributed by atoms with Crippen LogP contribution in [0.4, 0.5) is 0 Å². The fourth-order valence-electron chi connectivity index (χ4n) is 1.52. The summed E-state index contributed by atoms with van der Waals surface area (Å²) in [6.45, 7) is 11.8. The molecule has 0 fully saturated rings. The largest absolute Gasteiger partial charge is 0.310 e. The third-order valence-electron chi connectivity index (χ3n) is 3.09. The molecule has 0 atom stereocenters. The number of rotatable bonds is 7. The summed E-state index contributed by atoms with van der Waals surface area (Å²) in [5.41, 5.74) is 1.17. The zero-order valence-electron chi connectivity index (χ0n) is 11.7. The van der Waals surface area contributed by atoms with Crippen LogP contribution in [0.3, 0.4) is 0 Å². The Hall–Kier alpha value is -0.450. The van der Waals surface area contributed by atoms with Crippen LogP contribution in [0.5, 0.6) is 0 Å². The van der Waals surface area contributed by atoms with E-state index in [0.717, 1.165) is 19.6 Å². The molecule has 1 N–H and O–H groups in total. The molecule has 0 aliphatic carbocycles. The van der Waals surface area contributed by atoms with E-state index in [1.54, 1.807) is 11.3 Å². The van der Waals surface area contributed by atoms with E-state index in [9.17, 15) is 0 Å². The van der Waals surface area contributed by atoms with Gasteiger partial charge in [0.25, 0.3) is 0 Å². The summed E-state index contributed by atoms with van der Waals surface area (Å²) >= 11 is 1.80. The van der Waals surface area contributed by atoms with E-state index >= 15 is 0 Å². The van der Waals surface area contributed by atoms with Crippen LogP contribution in [0.2, 0.25) is 0 Å². The number of aromatic nitrogens is 1. The lowest BCUT2D eigenvalue weighted by Gasteiger charge is -2.20. The molecule has 0 saturated heterocycles. The second kappa shape index (κ2) is 7.09. The Labute approximate surface area is 109 Å². The van der Waals surface area contributed by atoms with Gasteiger partial charge in [-0.25, -0.2) is 4.98 Å². The van der Waals surface area contributed by atoms with Crippen LogP contribution < -0.4 is 5.32 Å². The van der Waals surface area contributed by atoms with E-state index in [2.05, 4.69) is 49.9 Å². The topological polar surface area (TPSA) is 28.2 Å². The van der Waals surface area contributed by atoms with Gasteiger partial charge in [0.2, 0.25) is 0 Å². The molecule has 3 nitrogen and oxygen atoms in total. The van der Waals surface area contributed by atoms with E-state index < -0.39 is 0 Å². The van der Waals surface area contributed by atoms with E-state index in [0.29, 0.717) is 6.04 Å². The van der Waals surface area contributed by atoms with Gasteiger partial charge in [-0.05, 0) is 54.3 Å².